The molecule has 1 aliphatic carbocycles. The molecule has 3 saturated heterocycles. The normalized spacial score (nSPS) is 25.8. The number of pyridine rings is 1. The molecular formula is C23H28ClFN6O4. The summed E-state index contributed by atoms with van der Waals surface area (Å²) in [6, 6.07) is -0.155. The van der Waals surface area contributed by atoms with E-state index in [4.69, 9.17) is 21.1 Å². The van der Waals surface area contributed by atoms with Gasteiger partial charge in [0.15, 0.2) is 11.0 Å². The summed E-state index contributed by atoms with van der Waals surface area (Å²) in [4.78, 5) is 30.7. The molecule has 1 N–H and O–H groups in total. The van der Waals surface area contributed by atoms with Gasteiger partial charge in [0.05, 0.1) is 37.3 Å². The summed E-state index contributed by atoms with van der Waals surface area (Å²) >= 11 is 5.97. The van der Waals surface area contributed by atoms with Crippen molar-refractivity contribution < 1.29 is 23.8 Å². The third kappa shape index (κ3) is 4.34. The minimum Gasteiger partial charge on any atom is -0.465 e. The molecule has 4 aliphatic rings. The predicted molar refractivity (Wildman–Crippen MR) is 126 cm³/mol. The van der Waals surface area contributed by atoms with E-state index in [2.05, 4.69) is 19.9 Å². The number of nitrogens with zero attached hydrogens (tertiary/aromatic N) is 6. The van der Waals surface area contributed by atoms with E-state index in [-0.39, 0.29) is 34.2 Å². The molecule has 0 spiro atoms. The van der Waals surface area contributed by atoms with Crippen LogP contribution in [0.5, 0.6) is 6.01 Å². The molecule has 2 aromatic heterocycles. The van der Waals surface area contributed by atoms with Crippen molar-refractivity contribution in [3.63, 3.8) is 0 Å². The SMILES string of the molecule is O=C(O)N1[C@@H]2CC[C@H]1CN(c1nc(OCC3(CN4CCOCC4)CC3)nc3c(F)c(Cl)ncc13)C2. The van der Waals surface area contributed by atoms with Gasteiger partial charge in [-0.2, -0.15) is 9.97 Å². The lowest BCUT2D eigenvalue weighted by Gasteiger charge is -2.40. The van der Waals surface area contributed by atoms with Crippen LogP contribution in [0.4, 0.5) is 15.0 Å². The fraction of sp³-hybridized carbons (Fsp3) is 0.652. The zero-order valence-electron chi connectivity index (χ0n) is 19.3. The number of rotatable bonds is 6. The molecule has 2 bridgehead atoms. The quantitative estimate of drug-likeness (QED) is 0.592. The van der Waals surface area contributed by atoms with Crippen LogP contribution in [0.3, 0.4) is 0 Å². The van der Waals surface area contributed by atoms with Crippen LogP contribution >= 0.6 is 11.6 Å². The number of morpholine rings is 1. The first-order valence-corrected chi connectivity index (χ1v) is 12.5. The molecule has 1 amide bonds. The average Bonchev–Trinajstić information content (AvgIpc) is 3.56. The second-order valence-corrected chi connectivity index (χ2v) is 10.5. The molecule has 12 heteroatoms. The van der Waals surface area contributed by atoms with E-state index in [0.717, 1.165) is 58.5 Å². The molecule has 4 fully saturated rings. The molecule has 0 aromatic carbocycles. The van der Waals surface area contributed by atoms with Crippen molar-refractivity contribution in [3.8, 4) is 6.01 Å². The van der Waals surface area contributed by atoms with Crippen LogP contribution in [0, 0.1) is 11.2 Å². The van der Waals surface area contributed by atoms with Crippen LogP contribution in [0.25, 0.3) is 10.9 Å². The van der Waals surface area contributed by atoms with Crippen LogP contribution < -0.4 is 9.64 Å². The summed E-state index contributed by atoms with van der Waals surface area (Å²) < 4.78 is 26.5. The Balaban J connectivity index is 1.27. The van der Waals surface area contributed by atoms with Gasteiger partial charge in [0, 0.05) is 44.3 Å². The lowest BCUT2D eigenvalue weighted by molar-refractivity contribution is 0.0231. The highest BCUT2D eigenvalue weighted by Gasteiger charge is 2.46. The third-order valence-electron chi connectivity index (χ3n) is 7.73. The lowest BCUT2D eigenvalue weighted by atomic mass is 10.1. The third-order valence-corrected chi connectivity index (χ3v) is 7.99. The van der Waals surface area contributed by atoms with E-state index in [1.54, 1.807) is 0 Å². The van der Waals surface area contributed by atoms with Crippen molar-refractivity contribution in [1.29, 1.82) is 0 Å². The molecule has 5 heterocycles. The van der Waals surface area contributed by atoms with Gasteiger partial charge in [-0.1, -0.05) is 11.6 Å². The molecule has 188 valence electrons. The molecule has 35 heavy (non-hydrogen) atoms. The van der Waals surface area contributed by atoms with Gasteiger partial charge in [0.1, 0.15) is 11.3 Å². The molecule has 0 radical (unpaired) electrons. The standard InChI is InChI=1S/C23H28ClFN6O4/c24-19-17(25)18-16(9-26-19)20(30-10-14-1-2-15(11-30)31(14)22(32)33)28-21(27-18)35-13-23(3-4-23)12-29-5-7-34-8-6-29/h9,14-15H,1-8,10-13H2,(H,32,33)/t14-,15+. The van der Waals surface area contributed by atoms with E-state index in [9.17, 15) is 14.3 Å². The number of amides is 1. The summed E-state index contributed by atoms with van der Waals surface area (Å²) in [5, 5.41) is 9.79. The van der Waals surface area contributed by atoms with Crippen molar-refractivity contribution in [1.82, 2.24) is 24.8 Å². The number of carboxylic acid groups (broad SMARTS) is 1. The number of piperazine rings is 1. The fourth-order valence-corrected chi connectivity index (χ4v) is 5.81. The predicted octanol–water partition coefficient (Wildman–Crippen LogP) is 2.64. The van der Waals surface area contributed by atoms with Crippen LogP contribution in [0.2, 0.25) is 5.15 Å². The Labute approximate surface area is 207 Å². The van der Waals surface area contributed by atoms with Crippen LogP contribution in [0.15, 0.2) is 6.20 Å². The van der Waals surface area contributed by atoms with Gasteiger partial charge in [-0.15, -0.1) is 0 Å². The molecule has 10 nitrogen and oxygen atoms in total. The summed E-state index contributed by atoms with van der Waals surface area (Å²) in [5.41, 5.74) is 0.118. The maximum Gasteiger partial charge on any atom is 0.407 e. The Morgan fingerprint density at radius 2 is 1.94 bits per heavy atom. The van der Waals surface area contributed by atoms with Crippen LogP contribution in [0.1, 0.15) is 25.7 Å². The number of hydrogen-bond acceptors (Lipinski definition) is 8. The Morgan fingerprint density at radius 1 is 1.23 bits per heavy atom. The molecule has 2 aromatic rings. The molecule has 1 saturated carbocycles. The number of aromatic nitrogens is 3. The van der Waals surface area contributed by atoms with Gasteiger partial charge < -0.3 is 19.5 Å². The average molecular weight is 507 g/mol. The first kappa shape index (κ1) is 22.9. The molecule has 2 atom stereocenters. The Kier molecular flexibility index (Phi) is 5.81. The van der Waals surface area contributed by atoms with Crippen molar-refractivity contribution in [2.75, 3.05) is 57.4 Å². The van der Waals surface area contributed by atoms with Crippen LogP contribution in [-0.4, -0.2) is 101 Å². The summed E-state index contributed by atoms with van der Waals surface area (Å²) in [6.07, 6.45) is 4.30. The maximum atomic E-state index is 15.0. The van der Waals surface area contributed by atoms with Gasteiger partial charge >= 0.3 is 12.1 Å². The molecule has 3 aliphatic heterocycles. The monoisotopic (exact) mass is 506 g/mol. The van der Waals surface area contributed by atoms with Crippen molar-refractivity contribution in [3.05, 3.63) is 17.2 Å². The zero-order valence-corrected chi connectivity index (χ0v) is 20.1. The number of fused-ring (bicyclic) bond motifs is 3. The Hall–Kier alpha value is -2.50. The number of carbonyl (C=O) groups is 1. The van der Waals surface area contributed by atoms with E-state index in [0.29, 0.717) is 30.9 Å². The van der Waals surface area contributed by atoms with Crippen LogP contribution in [-0.2, 0) is 4.74 Å². The van der Waals surface area contributed by atoms with E-state index in [1.807, 2.05) is 4.90 Å². The minimum absolute atomic E-state index is 0.0521. The van der Waals surface area contributed by atoms with Gasteiger partial charge in [0.25, 0.3) is 0 Å². The van der Waals surface area contributed by atoms with Crippen molar-refractivity contribution in [2.45, 2.75) is 37.8 Å². The first-order valence-electron chi connectivity index (χ1n) is 12.1. The van der Waals surface area contributed by atoms with E-state index >= 15 is 0 Å². The second kappa shape index (κ2) is 8.86. The number of ether oxygens (including phenoxy) is 2. The van der Waals surface area contributed by atoms with Gasteiger partial charge in [-0.25, -0.2) is 14.2 Å². The van der Waals surface area contributed by atoms with Crippen molar-refractivity contribution in [2.24, 2.45) is 5.41 Å². The second-order valence-electron chi connectivity index (χ2n) is 10.1. The van der Waals surface area contributed by atoms with E-state index in [1.165, 1.54) is 11.1 Å². The zero-order chi connectivity index (χ0) is 24.2. The summed E-state index contributed by atoms with van der Waals surface area (Å²) in [7, 11) is 0. The summed E-state index contributed by atoms with van der Waals surface area (Å²) in [5.74, 6) is -0.202. The summed E-state index contributed by atoms with van der Waals surface area (Å²) in [6.45, 7) is 5.66. The van der Waals surface area contributed by atoms with Gasteiger partial charge in [-0.3, -0.25) is 9.80 Å². The molecule has 0 unspecified atom stereocenters. The number of anilines is 1. The highest BCUT2D eigenvalue weighted by atomic mass is 35.5. The first-order chi connectivity index (χ1) is 16.9. The number of halogens is 2. The topological polar surface area (TPSA) is 104 Å². The highest BCUT2D eigenvalue weighted by Crippen LogP contribution is 2.46. The van der Waals surface area contributed by atoms with Gasteiger partial charge in [0.2, 0.25) is 0 Å². The molecular weight excluding hydrogens is 479 g/mol. The fourth-order valence-electron chi connectivity index (χ4n) is 5.67. The smallest absolute Gasteiger partial charge is 0.407 e. The maximum absolute atomic E-state index is 15.0. The minimum atomic E-state index is -0.900. The highest BCUT2D eigenvalue weighted by molar-refractivity contribution is 6.30. The molecule has 6 rings (SSSR count). The number of hydrogen-bond donors (Lipinski definition) is 1. The van der Waals surface area contributed by atoms with E-state index < -0.39 is 11.9 Å². The largest absolute Gasteiger partial charge is 0.465 e. The van der Waals surface area contributed by atoms with Gasteiger partial charge in [-0.05, 0) is 25.7 Å². The lowest BCUT2D eigenvalue weighted by Crippen LogP contribution is -2.55. The Morgan fingerprint density at radius 3 is 2.60 bits per heavy atom. The Bertz CT molecular complexity index is 1130. The van der Waals surface area contributed by atoms with Crippen molar-refractivity contribution >= 4 is 34.4 Å².